The summed E-state index contributed by atoms with van der Waals surface area (Å²) in [6.45, 7) is 0. The second-order valence-electron chi connectivity index (χ2n) is 2.51. The van der Waals surface area contributed by atoms with Crippen LogP contribution >= 0.6 is 15.9 Å². The molecule has 0 amide bonds. The Balaban J connectivity index is 0.00000196. The average molecular weight is 307 g/mol. The number of rotatable bonds is 2. The van der Waals surface area contributed by atoms with E-state index in [-0.39, 0.29) is 39.6 Å². The zero-order valence-corrected chi connectivity index (χ0v) is 12.0. The summed E-state index contributed by atoms with van der Waals surface area (Å²) in [7, 11) is -4.89. The molecule has 1 unspecified atom stereocenters. The van der Waals surface area contributed by atoms with Crippen molar-refractivity contribution in [1.29, 1.82) is 0 Å². The number of benzene rings is 1. The standard InChI is InChI=1S/C7H6BrFO4S.Na/c8-6-2-1-4(9)3-5(6)7(10)14(11,12)13;/h1-3,7,10H,(H,11,12,13);/q;+1/p-1. The SMILES string of the molecule is O=S(=O)([O-])C(O)c1cc(F)ccc1Br.[Na+]. The summed E-state index contributed by atoms with van der Waals surface area (Å²) >= 11 is 2.89. The van der Waals surface area contributed by atoms with E-state index in [2.05, 4.69) is 15.9 Å². The van der Waals surface area contributed by atoms with Gasteiger partial charge >= 0.3 is 29.6 Å². The van der Waals surface area contributed by atoms with Crippen LogP contribution in [-0.2, 0) is 10.1 Å². The molecule has 1 aromatic rings. The zero-order chi connectivity index (χ0) is 10.9. The summed E-state index contributed by atoms with van der Waals surface area (Å²) in [6.07, 6.45) is 0. The Labute approximate surface area is 117 Å². The van der Waals surface area contributed by atoms with Gasteiger partial charge in [-0.1, -0.05) is 15.9 Å². The number of hydrogen-bond acceptors (Lipinski definition) is 4. The molecule has 0 aliphatic heterocycles. The van der Waals surface area contributed by atoms with Gasteiger partial charge in [0, 0.05) is 10.0 Å². The molecule has 0 saturated heterocycles. The van der Waals surface area contributed by atoms with Crippen LogP contribution in [0, 0.1) is 5.82 Å². The van der Waals surface area contributed by atoms with Gasteiger partial charge in [0.1, 0.15) is 15.9 Å². The maximum Gasteiger partial charge on any atom is 1.00 e. The molecule has 0 fully saturated rings. The normalized spacial score (nSPS) is 13.1. The van der Waals surface area contributed by atoms with Crippen molar-refractivity contribution in [3.05, 3.63) is 34.1 Å². The molecule has 0 aliphatic carbocycles. The number of aliphatic hydroxyl groups excluding tert-OH is 1. The quantitative estimate of drug-likeness (QED) is 0.513. The first-order valence-corrected chi connectivity index (χ1v) is 5.66. The van der Waals surface area contributed by atoms with E-state index in [0.717, 1.165) is 12.1 Å². The van der Waals surface area contributed by atoms with Crippen molar-refractivity contribution < 1.29 is 52.0 Å². The van der Waals surface area contributed by atoms with Gasteiger partial charge < -0.3 is 9.66 Å². The fourth-order valence-electron chi connectivity index (χ4n) is 0.859. The van der Waals surface area contributed by atoms with Gasteiger partial charge in [0.2, 0.25) is 0 Å². The molecule has 78 valence electrons. The smallest absolute Gasteiger partial charge is 0.746 e. The Hall–Kier alpha value is 0.500. The van der Waals surface area contributed by atoms with Crippen molar-refractivity contribution in [3.8, 4) is 0 Å². The molecular weight excluding hydrogens is 302 g/mol. The van der Waals surface area contributed by atoms with Gasteiger partial charge in [-0.25, -0.2) is 12.8 Å². The van der Waals surface area contributed by atoms with Crippen LogP contribution in [0.4, 0.5) is 4.39 Å². The molecule has 1 N–H and O–H groups in total. The van der Waals surface area contributed by atoms with E-state index in [9.17, 15) is 17.4 Å². The van der Waals surface area contributed by atoms with E-state index >= 15 is 0 Å². The second kappa shape index (κ2) is 5.72. The van der Waals surface area contributed by atoms with E-state index in [1.807, 2.05) is 0 Å². The minimum atomic E-state index is -4.89. The Morgan fingerprint density at radius 1 is 1.47 bits per heavy atom. The Morgan fingerprint density at radius 2 is 2.00 bits per heavy atom. The summed E-state index contributed by atoms with van der Waals surface area (Å²) < 4.78 is 44.2. The van der Waals surface area contributed by atoms with Gasteiger partial charge in [0.25, 0.3) is 0 Å². The molecule has 0 aliphatic rings. The molecule has 0 radical (unpaired) electrons. The molecule has 15 heavy (non-hydrogen) atoms. The molecule has 0 aromatic heterocycles. The molecular formula is C7H5BrFNaO4S. The summed E-state index contributed by atoms with van der Waals surface area (Å²) in [6, 6.07) is 3.06. The molecule has 1 atom stereocenters. The first kappa shape index (κ1) is 15.5. The van der Waals surface area contributed by atoms with Crippen LogP contribution in [0.5, 0.6) is 0 Å². The van der Waals surface area contributed by atoms with Crippen molar-refractivity contribution in [2.45, 2.75) is 5.44 Å². The predicted molar refractivity (Wildman–Crippen MR) is 48.8 cm³/mol. The minimum Gasteiger partial charge on any atom is -0.746 e. The van der Waals surface area contributed by atoms with Gasteiger partial charge in [0.15, 0.2) is 5.44 Å². The molecule has 1 aromatic carbocycles. The first-order valence-electron chi connectivity index (χ1n) is 3.40. The van der Waals surface area contributed by atoms with Crippen LogP contribution in [-0.4, -0.2) is 18.1 Å². The molecule has 0 heterocycles. The Morgan fingerprint density at radius 3 is 2.47 bits per heavy atom. The molecule has 1 rings (SSSR count). The van der Waals surface area contributed by atoms with Crippen molar-refractivity contribution in [2.24, 2.45) is 0 Å². The maximum absolute atomic E-state index is 12.7. The topological polar surface area (TPSA) is 77.4 Å². The molecule has 4 nitrogen and oxygen atoms in total. The predicted octanol–water partition coefficient (Wildman–Crippen LogP) is -1.87. The van der Waals surface area contributed by atoms with Crippen LogP contribution in [0.15, 0.2) is 22.7 Å². The summed E-state index contributed by atoms with van der Waals surface area (Å²) in [5.74, 6) is -0.731. The number of aliphatic hydroxyl groups is 1. The molecule has 0 bridgehead atoms. The van der Waals surface area contributed by atoms with Gasteiger partial charge in [0.05, 0.1) is 0 Å². The first-order chi connectivity index (χ1) is 6.32. The van der Waals surface area contributed by atoms with Crippen LogP contribution in [0.1, 0.15) is 11.0 Å². The van der Waals surface area contributed by atoms with Crippen LogP contribution in [0.25, 0.3) is 0 Å². The van der Waals surface area contributed by atoms with E-state index in [1.165, 1.54) is 6.07 Å². The maximum atomic E-state index is 12.7. The fourth-order valence-corrected chi connectivity index (χ4v) is 1.98. The van der Waals surface area contributed by atoms with E-state index in [1.54, 1.807) is 0 Å². The fraction of sp³-hybridized carbons (Fsp3) is 0.143. The monoisotopic (exact) mass is 306 g/mol. The number of halogens is 2. The van der Waals surface area contributed by atoms with Gasteiger partial charge in [-0.05, 0) is 18.2 Å². The third-order valence-electron chi connectivity index (χ3n) is 1.50. The molecule has 8 heteroatoms. The van der Waals surface area contributed by atoms with Crippen molar-refractivity contribution in [1.82, 2.24) is 0 Å². The summed E-state index contributed by atoms with van der Waals surface area (Å²) in [5, 5.41) is 9.07. The Kier molecular flexibility index (Phi) is 5.91. The van der Waals surface area contributed by atoms with E-state index in [0.29, 0.717) is 0 Å². The van der Waals surface area contributed by atoms with Crippen molar-refractivity contribution in [3.63, 3.8) is 0 Å². The summed E-state index contributed by atoms with van der Waals surface area (Å²) in [5.41, 5.74) is -2.56. The summed E-state index contributed by atoms with van der Waals surface area (Å²) in [4.78, 5) is 0. The van der Waals surface area contributed by atoms with Gasteiger partial charge in [-0.2, -0.15) is 0 Å². The van der Waals surface area contributed by atoms with Crippen LogP contribution in [0.2, 0.25) is 0 Å². The average Bonchev–Trinajstić information content (AvgIpc) is 2.06. The largest absolute Gasteiger partial charge is 1.00 e. The Bertz CT molecular complexity index is 450. The second-order valence-corrected chi connectivity index (χ2v) is 4.80. The van der Waals surface area contributed by atoms with Crippen molar-refractivity contribution >= 4 is 26.0 Å². The molecule has 0 saturated carbocycles. The van der Waals surface area contributed by atoms with E-state index < -0.39 is 21.4 Å². The van der Waals surface area contributed by atoms with Gasteiger partial charge in [-0.3, -0.25) is 0 Å². The number of hydrogen-bond donors (Lipinski definition) is 1. The van der Waals surface area contributed by atoms with E-state index in [4.69, 9.17) is 5.11 Å². The van der Waals surface area contributed by atoms with Crippen LogP contribution in [0.3, 0.4) is 0 Å². The zero-order valence-electron chi connectivity index (χ0n) is 7.65. The molecule has 0 spiro atoms. The van der Waals surface area contributed by atoms with Crippen LogP contribution < -0.4 is 29.6 Å². The third kappa shape index (κ3) is 4.10. The van der Waals surface area contributed by atoms with Gasteiger partial charge in [-0.15, -0.1) is 0 Å². The third-order valence-corrected chi connectivity index (χ3v) is 3.02. The minimum absolute atomic E-state index is 0. The van der Waals surface area contributed by atoms with Crippen molar-refractivity contribution in [2.75, 3.05) is 0 Å².